The number of nitrogens with zero attached hydrogens (tertiary/aromatic N) is 1. The molecule has 1 amide bonds. The molecule has 1 atom stereocenters. The maximum atomic E-state index is 14.1. The highest BCUT2D eigenvalue weighted by Gasteiger charge is 2.24. The number of hydrogen-bond acceptors (Lipinski definition) is 3. The lowest BCUT2D eigenvalue weighted by molar-refractivity contribution is -0.129. The summed E-state index contributed by atoms with van der Waals surface area (Å²) >= 11 is 0. The fraction of sp³-hybridized carbons (Fsp3) is 0.429. The molecule has 0 aromatic heterocycles. The van der Waals surface area contributed by atoms with Crippen LogP contribution in [0.5, 0.6) is 0 Å². The van der Waals surface area contributed by atoms with Crippen molar-refractivity contribution in [3.8, 4) is 0 Å². The quantitative estimate of drug-likeness (QED) is 0.799. The lowest BCUT2D eigenvalue weighted by Gasteiger charge is -2.27. The van der Waals surface area contributed by atoms with Crippen LogP contribution in [0.25, 0.3) is 0 Å². The molecule has 0 radical (unpaired) electrons. The van der Waals surface area contributed by atoms with E-state index in [9.17, 15) is 18.4 Å². The summed E-state index contributed by atoms with van der Waals surface area (Å²) in [5.41, 5.74) is -0.426. The van der Waals surface area contributed by atoms with Gasteiger partial charge in [-0.1, -0.05) is 6.92 Å². The summed E-state index contributed by atoms with van der Waals surface area (Å²) < 4.78 is 32.3. The van der Waals surface area contributed by atoms with Gasteiger partial charge in [0.25, 0.3) is 0 Å². The second-order valence-corrected chi connectivity index (χ2v) is 4.40. The molecule has 0 aliphatic carbocycles. The Hall–Kier alpha value is -1.98. The minimum atomic E-state index is -0.944. The van der Waals surface area contributed by atoms with Gasteiger partial charge in [-0.15, -0.1) is 0 Å². The molecule has 0 bridgehead atoms. The second kappa shape index (κ2) is 6.45. The molecule has 0 aliphatic rings. The predicted octanol–water partition coefficient (Wildman–Crippen LogP) is 2.68. The third kappa shape index (κ3) is 3.12. The summed E-state index contributed by atoms with van der Waals surface area (Å²) in [5.74, 6) is -2.81. The number of methoxy groups -OCH3 is 1. The second-order valence-electron chi connectivity index (χ2n) is 4.40. The van der Waals surface area contributed by atoms with Gasteiger partial charge in [-0.3, -0.25) is 4.79 Å². The fourth-order valence-corrected chi connectivity index (χ4v) is 2.01. The van der Waals surface area contributed by atoms with Crippen LogP contribution in [-0.2, 0) is 9.53 Å². The zero-order valence-corrected chi connectivity index (χ0v) is 11.9. The van der Waals surface area contributed by atoms with Crippen molar-refractivity contribution in [3.63, 3.8) is 0 Å². The van der Waals surface area contributed by atoms with Crippen LogP contribution in [0, 0.1) is 11.6 Å². The first-order valence-corrected chi connectivity index (χ1v) is 6.14. The molecular formula is C14H17F2NO3. The van der Waals surface area contributed by atoms with E-state index in [-0.39, 0.29) is 11.5 Å². The molecule has 0 spiro atoms. The number of carbonyl (C=O) groups is 2. The van der Waals surface area contributed by atoms with Crippen molar-refractivity contribution in [2.75, 3.05) is 14.2 Å². The summed E-state index contributed by atoms with van der Waals surface area (Å²) in [7, 11) is 2.61. The number of benzene rings is 1. The maximum absolute atomic E-state index is 14.1. The molecule has 0 saturated heterocycles. The molecule has 4 nitrogen and oxygen atoms in total. The Bertz CT molecular complexity index is 531. The van der Waals surface area contributed by atoms with Gasteiger partial charge in [0.15, 0.2) is 0 Å². The third-order valence-electron chi connectivity index (χ3n) is 3.20. The maximum Gasteiger partial charge on any atom is 0.340 e. The van der Waals surface area contributed by atoms with Gasteiger partial charge in [0.05, 0.1) is 18.7 Å². The van der Waals surface area contributed by atoms with E-state index in [1.54, 1.807) is 6.92 Å². The van der Waals surface area contributed by atoms with Gasteiger partial charge < -0.3 is 9.64 Å². The van der Waals surface area contributed by atoms with Crippen LogP contribution in [0.3, 0.4) is 0 Å². The molecule has 0 heterocycles. The molecule has 1 unspecified atom stereocenters. The number of esters is 1. The van der Waals surface area contributed by atoms with Crippen molar-refractivity contribution in [2.24, 2.45) is 0 Å². The molecule has 0 aliphatic heterocycles. The van der Waals surface area contributed by atoms with Crippen molar-refractivity contribution in [2.45, 2.75) is 26.3 Å². The topological polar surface area (TPSA) is 46.6 Å². The number of halogens is 2. The van der Waals surface area contributed by atoms with Crippen molar-refractivity contribution in [1.82, 2.24) is 4.90 Å². The van der Waals surface area contributed by atoms with Gasteiger partial charge in [-0.05, 0) is 18.6 Å². The molecule has 110 valence electrons. The van der Waals surface area contributed by atoms with Gasteiger partial charge in [0.2, 0.25) is 5.91 Å². The average Bonchev–Trinajstić information content (AvgIpc) is 2.41. The Labute approximate surface area is 116 Å². The van der Waals surface area contributed by atoms with Crippen molar-refractivity contribution in [1.29, 1.82) is 0 Å². The first kappa shape index (κ1) is 16.1. The highest BCUT2D eigenvalue weighted by atomic mass is 19.1. The summed E-state index contributed by atoms with van der Waals surface area (Å²) in [4.78, 5) is 24.0. The predicted molar refractivity (Wildman–Crippen MR) is 69.2 cm³/mol. The SMILES string of the molecule is CCC(c1cc(F)c(C(=O)OC)cc1F)N(C)C(C)=O. The van der Waals surface area contributed by atoms with Crippen molar-refractivity contribution < 1.29 is 23.1 Å². The van der Waals surface area contributed by atoms with Gasteiger partial charge in [-0.2, -0.15) is 0 Å². The molecule has 0 fully saturated rings. The van der Waals surface area contributed by atoms with E-state index in [0.717, 1.165) is 19.2 Å². The molecule has 1 rings (SSSR count). The van der Waals surface area contributed by atoms with Crippen molar-refractivity contribution >= 4 is 11.9 Å². The van der Waals surface area contributed by atoms with E-state index in [1.807, 2.05) is 0 Å². The van der Waals surface area contributed by atoms with Gasteiger partial charge in [0.1, 0.15) is 11.6 Å². The number of rotatable bonds is 4. The zero-order valence-electron chi connectivity index (χ0n) is 11.9. The van der Waals surface area contributed by atoms with Gasteiger partial charge in [-0.25, -0.2) is 13.6 Å². The molecule has 20 heavy (non-hydrogen) atoms. The largest absolute Gasteiger partial charge is 0.465 e. The zero-order chi connectivity index (χ0) is 15.4. The minimum Gasteiger partial charge on any atom is -0.465 e. The summed E-state index contributed by atoms with van der Waals surface area (Å²) in [6, 6.07) is 1.15. The third-order valence-corrected chi connectivity index (χ3v) is 3.20. The van der Waals surface area contributed by atoms with E-state index in [4.69, 9.17) is 0 Å². The Kier molecular flexibility index (Phi) is 5.19. The first-order chi connectivity index (χ1) is 9.33. The molecule has 1 aromatic carbocycles. The highest BCUT2D eigenvalue weighted by Crippen LogP contribution is 2.28. The van der Waals surface area contributed by atoms with Gasteiger partial charge in [0, 0.05) is 19.5 Å². The monoisotopic (exact) mass is 285 g/mol. The van der Waals surface area contributed by atoms with Crippen LogP contribution in [-0.4, -0.2) is 30.9 Å². The van der Waals surface area contributed by atoms with Crippen molar-refractivity contribution in [3.05, 3.63) is 34.9 Å². The summed E-state index contributed by atoms with van der Waals surface area (Å²) in [6.45, 7) is 3.11. The average molecular weight is 285 g/mol. The van der Waals surface area contributed by atoms with E-state index in [1.165, 1.54) is 18.9 Å². The Morgan fingerprint density at radius 2 is 1.90 bits per heavy atom. The Morgan fingerprint density at radius 3 is 2.35 bits per heavy atom. The number of carbonyl (C=O) groups excluding carboxylic acids is 2. The number of hydrogen-bond donors (Lipinski definition) is 0. The standard InChI is InChI=1S/C14H17F2NO3/c1-5-13(17(3)8(2)18)9-6-12(16)10(7-11(9)15)14(19)20-4/h6-7,13H,5H2,1-4H3. The van der Waals surface area contributed by atoms with Crippen LogP contribution >= 0.6 is 0 Å². The Balaban J connectivity index is 3.29. The first-order valence-electron chi connectivity index (χ1n) is 6.14. The highest BCUT2D eigenvalue weighted by molar-refractivity contribution is 5.89. The Morgan fingerprint density at radius 1 is 1.30 bits per heavy atom. The van der Waals surface area contributed by atoms with Crippen LogP contribution in [0.4, 0.5) is 8.78 Å². The minimum absolute atomic E-state index is 0.0374. The molecular weight excluding hydrogens is 268 g/mol. The number of ether oxygens (including phenoxy) is 1. The van der Waals surface area contributed by atoms with E-state index in [2.05, 4.69) is 4.74 Å². The molecule has 0 N–H and O–H groups in total. The normalized spacial score (nSPS) is 11.9. The lowest BCUT2D eigenvalue weighted by Crippen LogP contribution is -2.29. The molecule has 1 aromatic rings. The smallest absolute Gasteiger partial charge is 0.340 e. The van der Waals surface area contributed by atoms with E-state index >= 15 is 0 Å². The van der Waals surface area contributed by atoms with Crippen LogP contribution < -0.4 is 0 Å². The fourth-order valence-electron chi connectivity index (χ4n) is 2.01. The van der Waals surface area contributed by atoms with Crippen LogP contribution in [0.15, 0.2) is 12.1 Å². The molecule has 6 heteroatoms. The summed E-state index contributed by atoms with van der Waals surface area (Å²) in [5, 5.41) is 0. The summed E-state index contributed by atoms with van der Waals surface area (Å²) in [6.07, 6.45) is 0.421. The number of amides is 1. The van der Waals surface area contributed by atoms with Crippen LogP contribution in [0.2, 0.25) is 0 Å². The van der Waals surface area contributed by atoms with E-state index in [0.29, 0.717) is 6.42 Å². The van der Waals surface area contributed by atoms with Gasteiger partial charge >= 0.3 is 5.97 Å². The lowest BCUT2D eigenvalue weighted by atomic mass is 10.00. The van der Waals surface area contributed by atoms with Crippen LogP contribution in [0.1, 0.15) is 42.2 Å². The van der Waals surface area contributed by atoms with E-state index < -0.39 is 29.2 Å². The molecule has 0 saturated carbocycles.